The third kappa shape index (κ3) is 2.00. The van der Waals surface area contributed by atoms with Gasteiger partial charge in [0.05, 0.1) is 11.1 Å². The molecule has 5 heteroatoms. The molecule has 2 aromatic rings. The summed E-state index contributed by atoms with van der Waals surface area (Å²) < 4.78 is 15.5. The number of amides is 1. The molecular weight excluding hydrogens is 245 g/mol. The van der Waals surface area contributed by atoms with Crippen LogP contribution in [-0.4, -0.2) is 41.6 Å². The van der Waals surface area contributed by atoms with Crippen molar-refractivity contribution in [1.82, 2.24) is 14.8 Å². The van der Waals surface area contributed by atoms with Gasteiger partial charge in [0.2, 0.25) is 0 Å². The first-order valence-corrected chi connectivity index (χ1v) is 6.42. The number of rotatable bonds is 1. The van der Waals surface area contributed by atoms with E-state index in [9.17, 15) is 9.18 Å². The van der Waals surface area contributed by atoms with Crippen molar-refractivity contribution in [2.45, 2.75) is 0 Å². The van der Waals surface area contributed by atoms with E-state index in [0.29, 0.717) is 29.6 Å². The Morgan fingerprint density at radius 3 is 2.79 bits per heavy atom. The van der Waals surface area contributed by atoms with Crippen LogP contribution in [0.1, 0.15) is 10.4 Å². The Kier molecular flexibility index (Phi) is 2.98. The van der Waals surface area contributed by atoms with Gasteiger partial charge in [0, 0.05) is 44.8 Å². The van der Waals surface area contributed by atoms with Gasteiger partial charge in [-0.25, -0.2) is 4.39 Å². The fraction of sp³-hybridized carbons (Fsp3) is 0.357. The van der Waals surface area contributed by atoms with Crippen molar-refractivity contribution in [3.8, 4) is 0 Å². The van der Waals surface area contributed by atoms with Gasteiger partial charge in [0.15, 0.2) is 0 Å². The minimum Gasteiger partial charge on any atom is -0.347 e. The molecule has 100 valence electrons. The van der Waals surface area contributed by atoms with Crippen molar-refractivity contribution in [3.63, 3.8) is 0 Å². The first-order valence-electron chi connectivity index (χ1n) is 6.42. The SMILES string of the molecule is Cn1cc(C(=O)N2CCNCC2)c2cccc(F)c21. The van der Waals surface area contributed by atoms with Crippen LogP contribution in [0.3, 0.4) is 0 Å². The molecule has 4 nitrogen and oxygen atoms in total. The molecule has 0 atom stereocenters. The summed E-state index contributed by atoms with van der Waals surface area (Å²) in [5, 5.41) is 3.90. The van der Waals surface area contributed by atoms with Crippen LogP contribution < -0.4 is 5.32 Å². The minimum atomic E-state index is -0.292. The number of carbonyl (C=O) groups is 1. The molecule has 2 heterocycles. The van der Waals surface area contributed by atoms with Crippen molar-refractivity contribution in [2.24, 2.45) is 7.05 Å². The Morgan fingerprint density at radius 1 is 1.32 bits per heavy atom. The normalized spacial score (nSPS) is 16.0. The number of hydrogen-bond donors (Lipinski definition) is 1. The van der Waals surface area contributed by atoms with Crippen LogP contribution >= 0.6 is 0 Å². The number of nitrogens with zero attached hydrogens (tertiary/aromatic N) is 2. The third-order valence-corrected chi connectivity index (χ3v) is 3.59. The van der Waals surface area contributed by atoms with Crippen LogP contribution in [0.5, 0.6) is 0 Å². The number of para-hydroxylation sites is 1. The highest BCUT2D eigenvalue weighted by atomic mass is 19.1. The predicted molar refractivity (Wildman–Crippen MR) is 71.7 cm³/mol. The lowest BCUT2D eigenvalue weighted by molar-refractivity contribution is 0.0737. The van der Waals surface area contributed by atoms with Crippen molar-refractivity contribution in [3.05, 3.63) is 35.8 Å². The molecule has 1 amide bonds. The molecule has 0 aliphatic carbocycles. The van der Waals surface area contributed by atoms with E-state index in [1.54, 1.807) is 29.9 Å². The van der Waals surface area contributed by atoms with Gasteiger partial charge in [-0.2, -0.15) is 0 Å². The highest BCUT2D eigenvalue weighted by molar-refractivity contribution is 6.07. The molecule has 19 heavy (non-hydrogen) atoms. The summed E-state index contributed by atoms with van der Waals surface area (Å²) in [7, 11) is 1.76. The smallest absolute Gasteiger partial charge is 0.256 e. The van der Waals surface area contributed by atoms with Gasteiger partial charge in [0.25, 0.3) is 5.91 Å². The molecule has 0 saturated carbocycles. The first kappa shape index (κ1) is 12.2. The summed E-state index contributed by atoms with van der Waals surface area (Å²) in [6.45, 7) is 3.02. The number of halogens is 1. The largest absolute Gasteiger partial charge is 0.347 e. The summed E-state index contributed by atoms with van der Waals surface area (Å²) >= 11 is 0. The number of hydrogen-bond acceptors (Lipinski definition) is 2. The maximum absolute atomic E-state index is 13.8. The molecule has 0 bridgehead atoms. The lowest BCUT2D eigenvalue weighted by Gasteiger charge is -2.27. The van der Waals surface area contributed by atoms with Gasteiger partial charge in [-0.05, 0) is 6.07 Å². The van der Waals surface area contributed by atoms with E-state index in [4.69, 9.17) is 0 Å². The summed E-state index contributed by atoms with van der Waals surface area (Å²) in [5.41, 5.74) is 1.07. The molecule has 0 radical (unpaired) electrons. The van der Waals surface area contributed by atoms with Crippen LogP contribution in [0.2, 0.25) is 0 Å². The van der Waals surface area contributed by atoms with E-state index in [1.807, 2.05) is 4.90 Å². The zero-order chi connectivity index (χ0) is 13.4. The number of aromatic nitrogens is 1. The number of aryl methyl sites for hydroxylation is 1. The molecule has 1 fully saturated rings. The Hall–Kier alpha value is -1.88. The molecule has 1 N–H and O–H groups in total. The Bertz CT molecular complexity index is 629. The summed E-state index contributed by atoms with van der Waals surface area (Å²) in [5.74, 6) is -0.308. The zero-order valence-corrected chi connectivity index (χ0v) is 10.8. The maximum atomic E-state index is 13.8. The average Bonchev–Trinajstić information content (AvgIpc) is 2.78. The van der Waals surface area contributed by atoms with E-state index in [-0.39, 0.29) is 11.7 Å². The van der Waals surface area contributed by atoms with Gasteiger partial charge >= 0.3 is 0 Å². The Labute approximate surface area is 110 Å². The standard InChI is InChI=1S/C14H16FN3O/c1-17-9-11(10-3-2-4-12(15)13(10)17)14(19)18-7-5-16-6-8-18/h2-4,9,16H,5-8H2,1H3. The molecule has 1 aliphatic heterocycles. The molecule has 1 aliphatic rings. The molecular formula is C14H16FN3O. The minimum absolute atomic E-state index is 0.0160. The van der Waals surface area contributed by atoms with Crippen LogP contribution in [-0.2, 0) is 7.05 Å². The lowest BCUT2D eigenvalue weighted by atomic mass is 10.1. The lowest BCUT2D eigenvalue weighted by Crippen LogP contribution is -2.46. The molecule has 3 rings (SSSR count). The second-order valence-corrected chi connectivity index (χ2v) is 4.83. The van der Waals surface area contributed by atoms with Crippen LogP contribution in [0.25, 0.3) is 10.9 Å². The summed E-state index contributed by atoms with van der Waals surface area (Å²) in [4.78, 5) is 14.3. The number of piperazine rings is 1. The summed E-state index contributed by atoms with van der Waals surface area (Å²) in [6.07, 6.45) is 1.72. The number of fused-ring (bicyclic) bond motifs is 1. The number of carbonyl (C=O) groups excluding carboxylic acids is 1. The molecule has 1 saturated heterocycles. The third-order valence-electron chi connectivity index (χ3n) is 3.59. The first-order chi connectivity index (χ1) is 9.18. The molecule has 0 unspecified atom stereocenters. The van der Waals surface area contributed by atoms with E-state index in [0.717, 1.165) is 13.1 Å². The summed E-state index contributed by atoms with van der Waals surface area (Å²) in [6, 6.07) is 4.86. The monoisotopic (exact) mass is 261 g/mol. The Morgan fingerprint density at radius 2 is 2.05 bits per heavy atom. The van der Waals surface area contributed by atoms with Gasteiger partial charge in [-0.3, -0.25) is 4.79 Å². The van der Waals surface area contributed by atoms with Crippen molar-refractivity contribution >= 4 is 16.8 Å². The van der Waals surface area contributed by atoms with Gasteiger partial charge in [-0.15, -0.1) is 0 Å². The Balaban J connectivity index is 2.05. The van der Waals surface area contributed by atoms with Crippen molar-refractivity contribution in [2.75, 3.05) is 26.2 Å². The van der Waals surface area contributed by atoms with Gasteiger partial charge in [0.1, 0.15) is 5.82 Å². The number of benzene rings is 1. The van der Waals surface area contributed by atoms with Crippen molar-refractivity contribution in [1.29, 1.82) is 0 Å². The fourth-order valence-corrected chi connectivity index (χ4v) is 2.63. The predicted octanol–water partition coefficient (Wildman–Crippen LogP) is 1.36. The second kappa shape index (κ2) is 4.66. The molecule has 1 aromatic carbocycles. The average molecular weight is 261 g/mol. The van der Waals surface area contributed by atoms with Gasteiger partial charge < -0.3 is 14.8 Å². The topological polar surface area (TPSA) is 37.3 Å². The van der Waals surface area contributed by atoms with Crippen LogP contribution in [0.15, 0.2) is 24.4 Å². The van der Waals surface area contributed by atoms with Gasteiger partial charge in [-0.1, -0.05) is 12.1 Å². The van der Waals surface area contributed by atoms with E-state index in [1.165, 1.54) is 6.07 Å². The molecule has 0 spiro atoms. The number of nitrogens with one attached hydrogen (secondary N) is 1. The van der Waals surface area contributed by atoms with E-state index >= 15 is 0 Å². The highest BCUT2D eigenvalue weighted by Crippen LogP contribution is 2.24. The van der Waals surface area contributed by atoms with Crippen molar-refractivity contribution < 1.29 is 9.18 Å². The quantitative estimate of drug-likeness (QED) is 0.841. The highest BCUT2D eigenvalue weighted by Gasteiger charge is 2.22. The van der Waals surface area contributed by atoms with Crippen LogP contribution in [0.4, 0.5) is 4.39 Å². The van der Waals surface area contributed by atoms with E-state index in [2.05, 4.69) is 5.32 Å². The zero-order valence-electron chi connectivity index (χ0n) is 10.8. The fourth-order valence-electron chi connectivity index (χ4n) is 2.63. The van der Waals surface area contributed by atoms with Crippen LogP contribution in [0, 0.1) is 5.82 Å². The molecule has 1 aromatic heterocycles. The second-order valence-electron chi connectivity index (χ2n) is 4.83. The van der Waals surface area contributed by atoms with E-state index < -0.39 is 0 Å². The maximum Gasteiger partial charge on any atom is 0.256 e.